The van der Waals surface area contributed by atoms with Gasteiger partial charge < -0.3 is 47.1 Å². The van der Waals surface area contributed by atoms with Crippen LogP contribution in [0.3, 0.4) is 0 Å². The third-order valence-electron chi connectivity index (χ3n) is 0. The molecule has 0 aromatic rings. The molecule has 176 valence electrons. The molecule has 0 aliphatic heterocycles. The molecule has 0 aromatic carbocycles. The minimum absolute atomic E-state index is 0. The van der Waals surface area contributed by atoms with E-state index in [4.69, 9.17) is 59.4 Å². The average molecular weight is 695 g/mol. The number of hydrogen-bond donors (Lipinski definition) is 6. The van der Waals surface area contributed by atoms with Crippen LogP contribution >= 0.6 is 0 Å². The first-order chi connectivity index (χ1) is 10.4. The van der Waals surface area contributed by atoms with Gasteiger partial charge in [-0.3, -0.25) is 28.8 Å². The van der Waals surface area contributed by atoms with Gasteiger partial charge in [0, 0.05) is 125 Å². The zero-order valence-electron chi connectivity index (χ0n) is 16.6. The van der Waals surface area contributed by atoms with Gasteiger partial charge in [-0.1, -0.05) is 0 Å². The van der Waals surface area contributed by atoms with E-state index in [1.807, 2.05) is 0 Å². The third kappa shape index (κ3) is 59500. The standard InChI is InChI=1S/6C2H4O2.2Ce.3H2O/c6*1-2(3)4;;;;;/h6*1H3,(H,3,4);;;3*1H2. The maximum Gasteiger partial charge on any atom is 0.300 e. The van der Waals surface area contributed by atoms with Gasteiger partial charge in [0.2, 0.25) is 0 Å². The van der Waals surface area contributed by atoms with E-state index in [1.165, 1.54) is 0 Å². The molecule has 15 nitrogen and oxygen atoms in total. The first-order valence-electron chi connectivity index (χ1n) is 5.57. The van der Waals surface area contributed by atoms with Gasteiger partial charge in [0.05, 0.1) is 0 Å². The Kier molecular flexibility index (Phi) is 153. The summed E-state index contributed by atoms with van der Waals surface area (Å²) in [7, 11) is 0. The van der Waals surface area contributed by atoms with Gasteiger partial charge >= 0.3 is 0 Å². The fourth-order valence-electron chi connectivity index (χ4n) is 0. The molecule has 0 aromatic heterocycles. The van der Waals surface area contributed by atoms with E-state index in [9.17, 15) is 0 Å². The van der Waals surface area contributed by atoms with Crippen molar-refractivity contribution in [1.29, 1.82) is 0 Å². The summed E-state index contributed by atoms with van der Waals surface area (Å²) in [4.78, 5) is 54.0. The maximum absolute atomic E-state index is 9.00. The van der Waals surface area contributed by atoms with E-state index < -0.39 is 35.8 Å². The predicted molar refractivity (Wildman–Crippen MR) is 90.7 cm³/mol. The van der Waals surface area contributed by atoms with Crippen molar-refractivity contribution in [3.63, 3.8) is 0 Å². The smallest absolute Gasteiger partial charge is 0.300 e. The van der Waals surface area contributed by atoms with Gasteiger partial charge in [0.15, 0.2) is 0 Å². The fourth-order valence-corrected chi connectivity index (χ4v) is 0. The number of hydrogen-bond acceptors (Lipinski definition) is 6. The van der Waals surface area contributed by atoms with Crippen LogP contribution in [0.25, 0.3) is 0 Å². The second-order valence-electron chi connectivity index (χ2n) is 3.11. The molecule has 0 aliphatic rings. The van der Waals surface area contributed by atoms with Crippen LogP contribution in [0.2, 0.25) is 0 Å². The summed E-state index contributed by atoms with van der Waals surface area (Å²) >= 11 is 0. The number of carboxylic acids is 6. The Morgan fingerprint density at radius 2 is 0.345 bits per heavy atom. The van der Waals surface area contributed by atoms with Crippen molar-refractivity contribution in [1.82, 2.24) is 0 Å². The normalized spacial score (nSPS) is 5.17. The molecule has 0 fully saturated rings. The molecule has 0 unspecified atom stereocenters. The van der Waals surface area contributed by atoms with Crippen LogP contribution in [-0.2, 0) is 28.8 Å². The van der Waals surface area contributed by atoms with Crippen molar-refractivity contribution >= 4 is 35.8 Å². The number of carbonyl (C=O) groups is 6. The van der Waals surface area contributed by atoms with E-state index in [2.05, 4.69) is 0 Å². The SMILES string of the molecule is CC(=O)O.CC(=O)O.CC(=O)O.CC(=O)O.CC(=O)O.CC(=O)O.O.O.O.[Ce].[Ce]. The molecule has 0 rings (SSSR count). The summed E-state index contributed by atoms with van der Waals surface area (Å²) in [5, 5.41) is 44.5. The van der Waals surface area contributed by atoms with Gasteiger partial charge in [-0.25, -0.2) is 0 Å². The van der Waals surface area contributed by atoms with Gasteiger partial charge in [-0.2, -0.15) is 0 Å². The minimum Gasteiger partial charge on any atom is -0.481 e. The van der Waals surface area contributed by atoms with Crippen molar-refractivity contribution < 1.29 is 159 Å². The molecule has 0 saturated carbocycles. The molecule has 12 N–H and O–H groups in total. The van der Waals surface area contributed by atoms with E-state index in [0.717, 1.165) is 41.5 Å². The first kappa shape index (κ1) is 70.4. The molecule has 0 heterocycles. The zero-order chi connectivity index (χ0) is 21.5. The van der Waals surface area contributed by atoms with Crippen LogP contribution in [-0.4, -0.2) is 82.9 Å². The minimum atomic E-state index is -0.833. The van der Waals surface area contributed by atoms with Crippen molar-refractivity contribution in [2.24, 2.45) is 0 Å². The Balaban J connectivity index is -0.0000000144. The molecule has 0 bridgehead atoms. The monoisotopic (exact) mass is 694 g/mol. The third-order valence-corrected chi connectivity index (χ3v) is 0. The Morgan fingerprint density at radius 1 is 0.345 bits per heavy atom. The zero-order valence-corrected chi connectivity index (χ0v) is 22.9. The quantitative estimate of drug-likeness (QED) is 0.162. The molecule has 17 heteroatoms. The van der Waals surface area contributed by atoms with Gasteiger partial charge in [-0.05, 0) is 0 Å². The van der Waals surface area contributed by atoms with Gasteiger partial charge in [0.1, 0.15) is 0 Å². The summed E-state index contributed by atoms with van der Waals surface area (Å²) in [6.07, 6.45) is 0. The van der Waals surface area contributed by atoms with Gasteiger partial charge in [-0.15, -0.1) is 0 Å². The topological polar surface area (TPSA) is 318 Å². The van der Waals surface area contributed by atoms with Crippen LogP contribution in [0.15, 0.2) is 0 Å². The molecular formula is C12H30Ce2O15. The molecule has 29 heavy (non-hydrogen) atoms. The molecule has 0 saturated heterocycles. The molecule has 0 amide bonds. The van der Waals surface area contributed by atoms with Crippen molar-refractivity contribution in [3.8, 4) is 0 Å². The molecular weight excluding hydrogens is 664 g/mol. The van der Waals surface area contributed by atoms with Crippen LogP contribution in [0.1, 0.15) is 41.5 Å². The maximum atomic E-state index is 9.00. The number of rotatable bonds is 0. The largest absolute Gasteiger partial charge is 0.481 e. The summed E-state index contributed by atoms with van der Waals surface area (Å²) in [6.45, 7) is 6.50. The molecule has 0 aliphatic carbocycles. The molecule has 0 spiro atoms. The average Bonchev–Trinajstić information content (AvgIpc) is 2.08. The van der Waals surface area contributed by atoms with Crippen LogP contribution in [0, 0.1) is 83.5 Å². The molecule has 0 radical (unpaired) electrons. The molecule has 0 atom stereocenters. The second-order valence-corrected chi connectivity index (χ2v) is 3.11. The summed E-state index contributed by atoms with van der Waals surface area (Å²) in [5.74, 6) is -5.00. The first-order valence-corrected chi connectivity index (χ1v) is 5.57. The van der Waals surface area contributed by atoms with E-state index in [0.29, 0.717) is 0 Å². The van der Waals surface area contributed by atoms with Crippen LogP contribution < -0.4 is 0 Å². The summed E-state index contributed by atoms with van der Waals surface area (Å²) < 4.78 is 0. The Morgan fingerprint density at radius 3 is 0.345 bits per heavy atom. The van der Waals surface area contributed by atoms with Gasteiger partial charge in [0.25, 0.3) is 35.8 Å². The van der Waals surface area contributed by atoms with E-state index in [1.54, 1.807) is 0 Å². The van der Waals surface area contributed by atoms with Crippen LogP contribution in [0.5, 0.6) is 0 Å². The summed E-state index contributed by atoms with van der Waals surface area (Å²) in [6, 6.07) is 0. The fraction of sp³-hybridized carbons (Fsp3) is 0.500. The Bertz CT molecular complexity index is 268. The Labute approximate surface area is 234 Å². The number of aliphatic carboxylic acids is 6. The van der Waals surface area contributed by atoms with Crippen molar-refractivity contribution in [2.45, 2.75) is 41.5 Å². The number of carboxylic acid groups (broad SMARTS) is 6. The summed E-state index contributed by atoms with van der Waals surface area (Å²) in [5.41, 5.74) is 0. The second kappa shape index (κ2) is 63.1. The van der Waals surface area contributed by atoms with E-state index in [-0.39, 0.29) is 99.9 Å². The predicted octanol–water partition coefficient (Wildman–Crippen LogP) is -1.93. The Hall–Kier alpha value is -0.547. The van der Waals surface area contributed by atoms with Crippen LogP contribution in [0.4, 0.5) is 0 Å². The van der Waals surface area contributed by atoms with Crippen molar-refractivity contribution in [3.05, 3.63) is 0 Å². The van der Waals surface area contributed by atoms with Crippen molar-refractivity contribution in [2.75, 3.05) is 0 Å². The van der Waals surface area contributed by atoms with E-state index >= 15 is 0 Å².